The summed E-state index contributed by atoms with van der Waals surface area (Å²) in [4.78, 5) is 0. The number of benzene rings is 1. The second-order valence-electron chi connectivity index (χ2n) is 10.3. The molecule has 0 aromatic heterocycles. The van der Waals surface area contributed by atoms with Crippen molar-refractivity contribution in [2.45, 2.75) is 85.5 Å². The Kier molecular flexibility index (Phi) is 10.5. The second-order valence-corrected chi connectivity index (χ2v) is 12.5. The highest BCUT2D eigenvalue weighted by Crippen LogP contribution is 2.46. The van der Waals surface area contributed by atoms with E-state index in [1.807, 2.05) is 0 Å². The Morgan fingerprint density at radius 1 is 1.21 bits per heavy atom. The second kappa shape index (κ2) is 13.3. The van der Waals surface area contributed by atoms with Crippen LogP contribution in [-0.2, 0) is 12.8 Å². The van der Waals surface area contributed by atoms with E-state index >= 15 is 0 Å². The lowest BCUT2D eigenvalue weighted by Gasteiger charge is -2.27. The highest BCUT2D eigenvalue weighted by Gasteiger charge is 2.20. The lowest BCUT2D eigenvalue weighted by Crippen LogP contribution is -2.20. The Balaban J connectivity index is 1.52. The van der Waals surface area contributed by atoms with Gasteiger partial charge in [-0.05, 0) is 85.7 Å². The molecule has 1 aromatic rings. The van der Waals surface area contributed by atoms with E-state index in [0.717, 1.165) is 30.4 Å². The summed E-state index contributed by atoms with van der Waals surface area (Å²) in [6.45, 7) is 13.6. The molecule has 1 aromatic carbocycles. The molecular weight excluding hydrogens is 417 g/mol. The summed E-state index contributed by atoms with van der Waals surface area (Å²) in [5.41, 5.74) is 8.31. The average molecular weight is 464 g/mol. The molecule has 1 N–H and O–H groups in total. The SMILES string of the molecule is C=C(NC1=C(CCC)C=CP(CC(C)CCc2cccc(CC)c2)C1)/C(C)=C/CCC1CC1. The van der Waals surface area contributed by atoms with E-state index in [1.54, 1.807) is 0 Å². The molecule has 2 aliphatic rings. The maximum Gasteiger partial charge on any atom is 0.0335 e. The van der Waals surface area contributed by atoms with Crippen molar-refractivity contribution in [3.8, 4) is 0 Å². The normalized spacial score (nSPS) is 19.6. The highest BCUT2D eigenvalue weighted by molar-refractivity contribution is 7.61. The van der Waals surface area contributed by atoms with Crippen LogP contribution in [0.3, 0.4) is 0 Å². The molecule has 1 aliphatic carbocycles. The van der Waals surface area contributed by atoms with Gasteiger partial charge in [-0.15, -0.1) is 0 Å². The predicted molar refractivity (Wildman–Crippen MR) is 149 cm³/mol. The van der Waals surface area contributed by atoms with Gasteiger partial charge in [0.1, 0.15) is 0 Å². The van der Waals surface area contributed by atoms with E-state index in [1.165, 1.54) is 85.2 Å². The Hall–Kier alpha value is -1.59. The Morgan fingerprint density at radius 3 is 2.73 bits per heavy atom. The molecule has 2 atom stereocenters. The van der Waals surface area contributed by atoms with Crippen molar-refractivity contribution in [3.63, 3.8) is 0 Å². The van der Waals surface area contributed by atoms with Gasteiger partial charge in [0.15, 0.2) is 0 Å². The van der Waals surface area contributed by atoms with Crippen LogP contribution >= 0.6 is 7.92 Å². The van der Waals surface area contributed by atoms with E-state index in [9.17, 15) is 0 Å². The van der Waals surface area contributed by atoms with E-state index in [4.69, 9.17) is 0 Å². The molecular formula is C31H46NP. The van der Waals surface area contributed by atoms with Crippen LogP contribution in [0.5, 0.6) is 0 Å². The minimum atomic E-state index is -0.100. The number of hydrogen-bond donors (Lipinski definition) is 1. The van der Waals surface area contributed by atoms with Crippen LogP contribution in [-0.4, -0.2) is 12.3 Å². The first kappa shape index (κ1) is 26.0. The van der Waals surface area contributed by atoms with Crippen molar-refractivity contribution in [3.05, 3.63) is 82.5 Å². The molecule has 1 heterocycles. The first-order valence-corrected chi connectivity index (χ1v) is 15.1. The molecule has 0 radical (unpaired) electrons. The maximum absolute atomic E-state index is 4.39. The lowest BCUT2D eigenvalue weighted by atomic mass is 10.0. The molecule has 1 aliphatic heterocycles. The largest absolute Gasteiger partial charge is 0.359 e. The number of nitrogens with one attached hydrogen (secondary N) is 1. The van der Waals surface area contributed by atoms with Gasteiger partial charge in [-0.1, -0.05) is 96.8 Å². The van der Waals surface area contributed by atoms with Crippen LogP contribution in [0.4, 0.5) is 0 Å². The monoisotopic (exact) mass is 463 g/mol. The molecule has 1 saturated carbocycles. The molecule has 0 amide bonds. The van der Waals surface area contributed by atoms with Crippen LogP contribution in [0.25, 0.3) is 0 Å². The quantitative estimate of drug-likeness (QED) is 0.214. The average Bonchev–Trinajstić information content (AvgIpc) is 3.64. The summed E-state index contributed by atoms with van der Waals surface area (Å²) < 4.78 is 0. The van der Waals surface area contributed by atoms with Gasteiger partial charge in [-0.2, -0.15) is 0 Å². The van der Waals surface area contributed by atoms with Crippen molar-refractivity contribution in [2.75, 3.05) is 12.3 Å². The Morgan fingerprint density at radius 2 is 2.00 bits per heavy atom. The molecule has 0 spiro atoms. The molecule has 0 bridgehead atoms. The van der Waals surface area contributed by atoms with Gasteiger partial charge in [-0.25, -0.2) is 0 Å². The first-order chi connectivity index (χ1) is 16.0. The number of hydrogen-bond acceptors (Lipinski definition) is 1. The first-order valence-electron chi connectivity index (χ1n) is 13.3. The third-order valence-corrected chi connectivity index (χ3v) is 9.51. The van der Waals surface area contributed by atoms with E-state index < -0.39 is 0 Å². The molecule has 180 valence electrons. The van der Waals surface area contributed by atoms with Crippen LogP contribution in [0, 0.1) is 11.8 Å². The molecule has 1 fully saturated rings. The Labute approximate surface area is 205 Å². The molecule has 1 nitrogen and oxygen atoms in total. The number of allylic oxidation sites excluding steroid dienone is 5. The third-order valence-electron chi connectivity index (χ3n) is 7.13. The van der Waals surface area contributed by atoms with Crippen LogP contribution in [0.15, 0.2) is 71.4 Å². The molecule has 3 rings (SSSR count). The summed E-state index contributed by atoms with van der Waals surface area (Å²) in [7, 11) is -0.100. The molecule has 2 heteroatoms. The summed E-state index contributed by atoms with van der Waals surface area (Å²) in [5.74, 6) is 4.30. The van der Waals surface area contributed by atoms with Crippen molar-refractivity contribution >= 4 is 7.92 Å². The van der Waals surface area contributed by atoms with Crippen molar-refractivity contribution in [1.82, 2.24) is 5.32 Å². The van der Waals surface area contributed by atoms with E-state index in [2.05, 4.69) is 81.8 Å². The van der Waals surface area contributed by atoms with Crippen LogP contribution < -0.4 is 5.32 Å². The van der Waals surface area contributed by atoms with Gasteiger partial charge in [0.05, 0.1) is 0 Å². The van der Waals surface area contributed by atoms with E-state index in [-0.39, 0.29) is 7.92 Å². The number of aryl methyl sites for hydroxylation is 2. The van der Waals surface area contributed by atoms with Gasteiger partial charge >= 0.3 is 0 Å². The molecule has 0 saturated heterocycles. The highest BCUT2D eigenvalue weighted by atomic mass is 31.1. The van der Waals surface area contributed by atoms with Gasteiger partial charge in [0.2, 0.25) is 0 Å². The maximum atomic E-state index is 4.39. The zero-order valence-electron chi connectivity index (χ0n) is 21.6. The minimum Gasteiger partial charge on any atom is -0.359 e. The lowest BCUT2D eigenvalue weighted by molar-refractivity contribution is 0.593. The standard InChI is InChI=1S/C31H46NP/c1-6-10-30-19-20-33(22-24(3)15-16-29-14-9-12-27(7-2)21-29)23-31(30)32-26(5)25(4)11-8-13-28-17-18-28/h9,11-12,14,19-21,24,28,32H,5-8,10,13,15-18,22-23H2,1-4H3/b25-11+. The van der Waals surface area contributed by atoms with Crippen molar-refractivity contribution < 1.29 is 0 Å². The van der Waals surface area contributed by atoms with Gasteiger partial charge in [-0.3, -0.25) is 0 Å². The van der Waals surface area contributed by atoms with Crippen molar-refractivity contribution in [2.24, 2.45) is 11.8 Å². The van der Waals surface area contributed by atoms with Gasteiger partial charge in [0.25, 0.3) is 0 Å². The topological polar surface area (TPSA) is 12.0 Å². The zero-order chi connectivity index (χ0) is 23.6. The summed E-state index contributed by atoms with van der Waals surface area (Å²) in [6, 6.07) is 9.16. The molecule has 2 unspecified atom stereocenters. The van der Waals surface area contributed by atoms with Crippen molar-refractivity contribution in [1.29, 1.82) is 0 Å². The summed E-state index contributed by atoms with van der Waals surface area (Å²) >= 11 is 0. The molecule has 33 heavy (non-hydrogen) atoms. The number of rotatable bonds is 14. The fourth-order valence-corrected chi connectivity index (χ4v) is 7.08. The van der Waals surface area contributed by atoms with Crippen LogP contribution in [0.2, 0.25) is 0 Å². The fourth-order valence-electron chi connectivity index (χ4n) is 4.66. The summed E-state index contributed by atoms with van der Waals surface area (Å²) in [5, 5.41) is 3.76. The Bertz CT molecular complexity index is 871. The van der Waals surface area contributed by atoms with Crippen LogP contribution in [0.1, 0.15) is 83.8 Å². The van der Waals surface area contributed by atoms with Gasteiger partial charge < -0.3 is 5.32 Å². The fraction of sp³-hybridized carbons (Fsp3) is 0.548. The van der Waals surface area contributed by atoms with Gasteiger partial charge in [0, 0.05) is 17.6 Å². The summed E-state index contributed by atoms with van der Waals surface area (Å²) in [6.07, 6.45) is 18.7. The minimum absolute atomic E-state index is 0.100. The predicted octanol–water partition coefficient (Wildman–Crippen LogP) is 9.12. The smallest absolute Gasteiger partial charge is 0.0335 e. The zero-order valence-corrected chi connectivity index (χ0v) is 22.5. The third kappa shape index (κ3) is 8.94. The van der Waals surface area contributed by atoms with E-state index in [0.29, 0.717) is 0 Å².